The normalized spacial score (nSPS) is 18.8. The number of carbonyl (C=O) groups excluding carboxylic acids is 2. The first-order chi connectivity index (χ1) is 6.56. The highest BCUT2D eigenvalue weighted by Gasteiger charge is 2.35. The molecule has 0 aromatic rings. The molecule has 0 spiro atoms. The number of amides is 1. The number of likely N-dealkylation sites (tertiary alicyclic amines) is 1. The Labute approximate surface area is 81.7 Å². The average molecular weight is 199 g/mol. The topological polar surface area (TPSA) is 74.7 Å². The van der Waals surface area contributed by atoms with Gasteiger partial charge in [-0.3, -0.25) is 9.59 Å². The first-order valence-electron chi connectivity index (χ1n) is 4.60. The second-order valence-electron chi connectivity index (χ2n) is 3.38. The van der Waals surface area contributed by atoms with Crippen LogP contribution in [-0.2, 0) is 14.4 Å². The number of aliphatic carboxylic acids is 1. The van der Waals surface area contributed by atoms with Gasteiger partial charge >= 0.3 is 5.97 Å². The molecule has 1 unspecified atom stereocenters. The summed E-state index contributed by atoms with van der Waals surface area (Å²) in [6, 6.07) is -0.834. The van der Waals surface area contributed by atoms with Crippen molar-refractivity contribution in [3.8, 4) is 0 Å². The van der Waals surface area contributed by atoms with E-state index in [0.29, 0.717) is 12.8 Å². The summed E-state index contributed by atoms with van der Waals surface area (Å²) in [5.74, 6) is -1.59. The minimum atomic E-state index is -1.03. The molecule has 5 heteroatoms. The van der Waals surface area contributed by atoms with Gasteiger partial charge in [0, 0.05) is 0 Å². The fraction of sp³-hybridized carbons (Fsp3) is 0.667. The lowest BCUT2D eigenvalue weighted by molar-refractivity contribution is -0.148. The Morgan fingerprint density at radius 2 is 2.21 bits per heavy atom. The summed E-state index contributed by atoms with van der Waals surface area (Å²) in [7, 11) is 0. The SMILES string of the molecule is CCCC(C(=O)O)N1CC(=O)CC1=O. The zero-order valence-corrected chi connectivity index (χ0v) is 8.02. The monoisotopic (exact) mass is 199 g/mol. The number of ketones is 1. The van der Waals surface area contributed by atoms with Crippen molar-refractivity contribution >= 4 is 17.7 Å². The number of nitrogens with zero attached hydrogens (tertiary/aromatic N) is 1. The van der Waals surface area contributed by atoms with Crippen LogP contribution < -0.4 is 0 Å². The molecule has 1 fully saturated rings. The van der Waals surface area contributed by atoms with Gasteiger partial charge in [0.25, 0.3) is 0 Å². The Balaban J connectivity index is 2.73. The standard InChI is InChI=1S/C9H13NO4/c1-2-3-7(9(13)14)10-5-6(11)4-8(10)12/h7H,2-5H2,1H3,(H,13,14). The molecule has 1 rings (SSSR count). The molecule has 5 nitrogen and oxygen atoms in total. The summed E-state index contributed by atoms with van der Waals surface area (Å²) in [6.07, 6.45) is 0.927. The van der Waals surface area contributed by atoms with Crippen molar-refractivity contribution in [1.82, 2.24) is 4.90 Å². The highest BCUT2D eigenvalue weighted by molar-refractivity contribution is 6.06. The molecular formula is C9H13NO4. The van der Waals surface area contributed by atoms with Crippen molar-refractivity contribution in [1.29, 1.82) is 0 Å². The Kier molecular flexibility index (Phi) is 3.22. The van der Waals surface area contributed by atoms with Crippen molar-refractivity contribution in [3.63, 3.8) is 0 Å². The van der Waals surface area contributed by atoms with Crippen LogP contribution >= 0.6 is 0 Å². The molecule has 0 aliphatic carbocycles. The van der Waals surface area contributed by atoms with Gasteiger partial charge in [0.05, 0.1) is 13.0 Å². The van der Waals surface area contributed by atoms with Gasteiger partial charge in [-0.15, -0.1) is 0 Å². The van der Waals surface area contributed by atoms with Crippen LogP contribution in [-0.4, -0.2) is 40.3 Å². The van der Waals surface area contributed by atoms with Crippen LogP contribution in [0.25, 0.3) is 0 Å². The van der Waals surface area contributed by atoms with Gasteiger partial charge in [0.2, 0.25) is 5.91 Å². The van der Waals surface area contributed by atoms with Crippen LogP contribution in [0.3, 0.4) is 0 Å². The second-order valence-corrected chi connectivity index (χ2v) is 3.38. The summed E-state index contributed by atoms with van der Waals surface area (Å²) in [5, 5.41) is 8.86. The van der Waals surface area contributed by atoms with Gasteiger partial charge in [-0.1, -0.05) is 13.3 Å². The minimum Gasteiger partial charge on any atom is -0.480 e. The van der Waals surface area contributed by atoms with E-state index in [0.717, 1.165) is 4.90 Å². The van der Waals surface area contributed by atoms with Crippen molar-refractivity contribution in [3.05, 3.63) is 0 Å². The summed E-state index contributed by atoms with van der Waals surface area (Å²) in [5.41, 5.74) is 0. The maximum Gasteiger partial charge on any atom is 0.326 e. The maximum atomic E-state index is 11.2. The molecule has 0 aromatic heterocycles. The van der Waals surface area contributed by atoms with Crippen molar-refractivity contribution in [2.45, 2.75) is 32.2 Å². The van der Waals surface area contributed by atoms with E-state index in [1.54, 1.807) is 0 Å². The van der Waals surface area contributed by atoms with Crippen LogP contribution in [0.15, 0.2) is 0 Å². The van der Waals surface area contributed by atoms with Gasteiger partial charge in [-0.25, -0.2) is 4.79 Å². The van der Waals surface area contributed by atoms with Gasteiger partial charge in [-0.2, -0.15) is 0 Å². The third-order valence-corrected chi connectivity index (χ3v) is 2.24. The van der Waals surface area contributed by atoms with Crippen molar-refractivity contribution in [2.75, 3.05) is 6.54 Å². The highest BCUT2D eigenvalue weighted by atomic mass is 16.4. The van der Waals surface area contributed by atoms with E-state index in [2.05, 4.69) is 0 Å². The smallest absolute Gasteiger partial charge is 0.326 e. The van der Waals surface area contributed by atoms with Crippen LogP contribution in [0, 0.1) is 0 Å². The molecule has 1 saturated heterocycles. The van der Waals surface area contributed by atoms with Crippen molar-refractivity contribution < 1.29 is 19.5 Å². The highest BCUT2D eigenvalue weighted by Crippen LogP contribution is 2.15. The Hall–Kier alpha value is -1.39. The molecule has 1 aliphatic rings. The van der Waals surface area contributed by atoms with E-state index in [1.165, 1.54) is 0 Å². The molecule has 0 radical (unpaired) electrons. The maximum absolute atomic E-state index is 11.2. The molecule has 0 aromatic carbocycles. The zero-order valence-electron chi connectivity index (χ0n) is 8.02. The van der Waals surface area contributed by atoms with Crippen molar-refractivity contribution in [2.24, 2.45) is 0 Å². The second kappa shape index (κ2) is 4.21. The number of hydrogen-bond acceptors (Lipinski definition) is 3. The van der Waals surface area contributed by atoms with Gasteiger partial charge in [0.1, 0.15) is 6.04 Å². The third-order valence-electron chi connectivity index (χ3n) is 2.24. The molecule has 1 amide bonds. The molecule has 14 heavy (non-hydrogen) atoms. The van der Waals surface area contributed by atoms with Gasteiger partial charge in [0.15, 0.2) is 5.78 Å². The number of hydrogen-bond donors (Lipinski definition) is 1. The zero-order chi connectivity index (χ0) is 10.7. The van der Waals surface area contributed by atoms with Crippen LogP contribution in [0.4, 0.5) is 0 Å². The predicted octanol–water partition coefficient (Wildman–Crippen LogP) is 0.0411. The Bertz CT molecular complexity index is 274. The summed E-state index contributed by atoms with van der Waals surface area (Å²) in [4.78, 5) is 34.2. The largest absolute Gasteiger partial charge is 0.480 e. The van der Waals surface area contributed by atoms with Crippen LogP contribution in [0.5, 0.6) is 0 Å². The van der Waals surface area contributed by atoms with Gasteiger partial charge < -0.3 is 10.0 Å². The molecule has 1 heterocycles. The number of carboxylic acid groups (broad SMARTS) is 1. The molecule has 0 saturated carbocycles. The number of Topliss-reactive ketones (excluding diaryl/α,β-unsaturated/α-hetero) is 1. The fourth-order valence-corrected chi connectivity index (χ4v) is 1.57. The number of carbonyl (C=O) groups is 3. The van der Waals surface area contributed by atoms with E-state index in [1.807, 2.05) is 6.92 Å². The van der Waals surface area contributed by atoms with E-state index in [-0.39, 0.29) is 24.7 Å². The van der Waals surface area contributed by atoms with E-state index in [4.69, 9.17) is 5.11 Å². The number of rotatable bonds is 4. The number of carboxylic acids is 1. The molecule has 0 bridgehead atoms. The third kappa shape index (κ3) is 2.10. The lowest BCUT2D eigenvalue weighted by Gasteiger charge is -2.22. The summed E-state index contributed by atoms with van der Waals surface area (Å²) < 4.78 is 0. The minimum absolute atomic E-state index is 0.0458. The van der Waals surface area contributed by atoms with E-state index in [9.17, 15) is 14.4 Å². The average Bonchev–Trinajstić information content (AvgIpc) is 2.40. The molecular weight excluding hydrogens is 186 g/mol. The molecule has 1 aliphatic heterocycles. The molecule has 78 valence electrons. The quantitative estimate of drug-likeness (QED) is 0.649. The summed E-state index contributed by atoms with van der Waals surface area (Å²) in [6.45, 7) is 1.80. The summed E-state index contributed by atoms with van der Waals surface area (Å²) >= 11 is 0. The first-order valence-corrected chi connectivity index (χ1v) is 4.60. The lowest BCUT2D eigenvalue weighted by Crippen LogP contribution is -2.42. The Morgan fingerprint density at radius 1 is 1.57 bits per heavy atom. The van der Waals surface area contributed by atoms with Crippen LogP contribution in [0.1, 0.15) is 26.2 Å². The lowest BCUT2D eigenvalue weighted by atomic mass is 10.1. The van der Waals surface area contributed by atoms with Gasteiger partial charge in [-0.05, 0) is 6.42 Å². The van der Waals surface area contributed by atoms with Crippen LogP contribution in [0.2, 0.25) is 0 Å². The Morgan fingerprint density at radius 3 is 2.57 bits per heavy atom. The predicted molar refractivity (Wildman–Crippen MR) is 47.7 cm³/mol. The van der Waals surface area contributed by atoms with E-state index < -0.39 is 12.0 Å². The van der Waals surface area contributed by atoms with E-state index >= 15 is 0 Å². The fourth-order valence-electron chi connectivity index (χ4n) is 1.57. The first kappa shape index (κ1) is 10.7. The molecule has 1 N–H and O–H groups in total. The molecule has 1 atom stereocenters.